The first-order chi connectivity index (χ1) is 13.1. The Kier molecular flexibility index (Phi) is 5.20. The lowest BCUT2D eigenvalue weighted by Crippen LogP contribution is -2.24. The summed E-state index contributed by atoms with van der Waals surface area (Å²) >= 11 is 0. The summed E-state index contributed by atoms with van der Waals surface area (Å²) in [5.41, 5.74) is -0.819. The first-order valence-corrected chi connectivity index (χ1v) is 10.1. The molecule has 1 heterocycles. The van der Waals surface area contributed by atoms with E-state index in [1.165, 1.54) is 18.3 Å². The molecule has 1 amide bonds. The Morgan fingerprint density at radius 2 is 1.71 bits per heavy atom. The van der Waals surface area contributed by atoms with E-state index in [0.717, 1.165) is 12.1 Å². The Morgan fingerprint density at radius 1 is 1.07 bits per heavy atom. The van der Waals surface area contributed by atoms with E-state index in [1.54, 1.807) is 28.8 Å². The molecule has 0 bridgehead atoms. The molecule has 0 saturated heterocycles. The van der Waals surface area contributed by atoms with E-state index in [1.807, 2.05) is 6.92 Å². The number of amides is 1. The maximum atomic E-state index is 13.0. The predicted molar refractivity (Wildman–Crippen MR) is 99.7 cm³/mol. The van der Waals surface area contributed by atoms with Crippen LogP contribution in [0.15, 0.2) is 59.6 Å². The molecule has 0 atom stereocenters. The van der Waals surface area contributed by atoms with Crippen LogP contribution in [0.3, 0.4) is 0 Å². The minimum Gasteiger partial charge on any atom is -0.346 e. The van der Waals surface area contributed by atoms with Gasteiger partial charge in [0, 0.05) is 23.6 Å². The molecule has 0 aliphatic carbocycles. The number of anilines is 1. The van der Waals surface area contributed by atoms with Crippen LogP contribution < -0.4 is 5.32 Å². The number of benzene rings is 2. The zero-order valence-electron chi connectivity index (χ0n) is 14.8. The summed E-state index contributed by atoms with van der Waals surface area (Å²) < 4.78 is 66.4. The van der Waals surface area contributed by atoms with Gasteiger partial charge in [0.25, 0.3) is 0 Å². The molecule has 3 aromatic rings. The summed E-state index contributed by atoms with van der Waals surface area (Å²) in [5, 5.41) is 2.53. The van der Waals surface area contributed by atoms with Gasteiger partial charge in [0.05, 0.1) is 16.1 Å². The Bertz CT molecular complexity index is 1130. The zero-order valence-corrected chi connectivity index (χ0v) is 15.6. The van der Waals surface area contributed by atoms with Crippen LogP contribution in [0.1, 0.15) is 12.5 Å². The van der Waals surface area contributed by atoms with Crippen LogP contribution in [0, 0.1) is 0 Å². The van der Waals surface area contributed by atoms with Crippen LogP contribution in [0.5, 0.6) is 0 Å². The summed E-state index contributed by atoms with van der Waals surface area (Å²) in [6.07, 6.45) is -3.23. The quantitative estimate of drug-likeness (QED) is 0.689. The van der Waals surface area contributed by atoms with Crippen LogP contribution in [0.2, 0.25) is 0 Å². The molecule has 0 unspecified atom stereocenters. The normalized spacial score (nSPS) is 12.3. The van der Waals surface area contributed by atoms with E-state index in [4.69, 9.17) is 0 Å². The summed E-state index contributed by atoms with van der Waals surface area (Å²) in [6.45, 7) is 2.38. The van der Waals surface area contributed by atoms with Crippen molar-refractivity contribution in [2.24, 2.45) is 0 Å². The Hall–Kier alpha value is -2.81. The highest BCUT2D eigenvalue weighted by atomic mass is 32.2. The van der Waals surface area contributed by atoms with E-state index >= 15 is 0 Å². The SMILES string of the molecule is CCn1cc(S(=O)(=O)CC(=O)Nc2ccccc2C(F)(F)F)c2ccccc21. The number of sulfone groups is 1. The van der Waals surface area contributed by atoms with Gasteiger partial charge >= 0.3 is 6.18 Å². The monoisotopic (exact) mass is 410 g/mol. The van der Waals surface area contributed by atoms with E-state index < -0.39 is 38.9 Å². The first kappa shape index (κ1) is 19.9. The van der Waals surface area contributed by atoms with Crippen molar-refractivity contribution in [2.45, 2.75) is 24.5 Å². The predicted octanol–water partition coefficient (Wildman–Crippen LogP) is 4.09. The fourth-order valence-electron chi connectivity index (χ4n) is 3.00. The lowest BCUT2D eigenvalue weighted by Gasteiger charge is -2.13. The molecule has 0 spiro atoms. The van der Waals surface area contributed by atoms with Crippen molar-refractivity contribution in [3.63, 3.8) is 0 Å². The average molecular weight is 410 g/mol. The number of aryl methyl sites for hydroxylation is 1. The van der Waals surface area contributed by atoms with E-state index in [9.17, 15) is 26.4 Å². The molecular formula is C19H17F3N2O3S. The maximum Gasteiger partial charge on any atom is 0.418 e. The van der Waals surface area contributed by atoms with Crippen LogP contribution >= 0.6 is 0 Å². The van der Waals surface area contributed by atoms with E-state index in [0.29, 0.717) is 17.4 Å². The van der Waals surface area contributed by atoms with Gasteiger partial charge in [0.2, 0.25) is 5.91 Å². The van der Waals surface area contributed by atoms with Crippen molar-refractivity contribution in [2.75, 3.05) is 11.1 Å². The molecule has 0 saturated carbocycles. The molecule has 2 aromatic carbocycles. The second-order valence-corrected chi connectivity index (χ2v) is 8.11. The second kappa shape index (κ2) is 7.31. The molecule has 1 aromatic heterocycles. The zero-order chi connectivity index (χ0) is 20.5. The van der Waals surface area contributed by atoms with Crippen LogP contribution in [-0.2, 0) is 27.4 Å². The molecular weight excluding hydrogens is 393 g/mol. The topological polar surface area (TPSA) is 68.2 Å². The number of alkyl halides is 3. The lowest BCUT2D eigenvalue weighted by atomic mass is 10.1. The Labute approximate surface area is 159 Å². The third kappa shape index (κ3) is 3.89. The second-order valence-electron chi connectivity index (χ2n) is 6.15. The van der Waals surface area contributed by atoms with Gasteiger partial charge in [-0.05, 0) is 25.1 Å². The number of rotatable bonds is 5. The number of hydrogen-bond acceptors (Lipinski definition) is 3. The molecule has 0 aliphatic heterocycles. The molecule has 9 heteroatoms. The maximum absolute atomic E-state index is 13.0. The molecule has 28 heavy (non-hydrogen) atoms. The fraction of sp³-hybridized carbons (Fsp3) is 0.211. The third-order valence-electron chi connectivity index (χ3n) is 4.26. The van der Waals surface area contributed by atoms with Crippen molar-refractivity contribution in [1.82, 2.24) is 4.57 Å². The van der Waals surface area contributed by atoms with Gasteiger partial charge in [0.15, 0.2) is 9.84 Å². The largest absolute Gasteiger partial charge is 0.418 e. The van der Waals surface area contributed by atoms with Crippen molar-refractivity contribution < 1.29 is 26.4 Å². The molecule has 5 nitrogen and oxygen atoms in total. The smallest absolute Gasteiger partial charge is 0.346 e. The van der Waals surface area contributed by atoms with Gasteiger partial charge in [-0.3, -0.25) is 4.79 Å². The summed E-state index contributed by atoms with van der Waals surface area (Å²) in [4.78, 5) is 12.2. The molecule has 0 fully saturated rings. The first-order valence-electron chi connectivity index (χ1n) is 8.40. The summed E-state index contributed by atoms with van der Waals surface area (Å²) in [6, 6.07) is 11.3. The summed E-state index contributed by atoms with van der Waals surface area (Å²) in [7, 11) is -4.06. The van der Waals surface area contributed by atoms with Gasteiger partial charge in [0.1, 0.15) is 5.75 Å². The van der Waals surface area contributed by atoms with E-state index in [-0.39, 0.29) is 4.90 Å². The standard InChI is InChI=1S/C19H17F3N2O3S/c1-2-24-11-17(13-7-3-6-10-16(13)24)28(26,27)12-18(25)23-15-9-5-4-8-14(15)19(20,21)22/h3-11H,2,12H2,1H3,(H,23,25). The average Bonchev–Trinajstić information content (AvgIpc) is 3.00. The van der Waals surface area contributed by atoms with Gasteiger partial charge in [-0.25, -0.2) is 8.42 Å². The van der Waals surface area contributed by atoms with Crippen molar-refractivity contribution >= 4 is 32.3 Å². The Balaban J connectivity index is 1.90. The molecule has 3 rings (SSSR count). The Morgan fingerprint density at radius 3 is 2.39 bits per heavy atom. The number of fused-ring (bicyclic) bond motifs is 1. The molecule has 148 valence electrons. The highest BCUT2D eigenvalue weighted by molar-refractivity contribution is 7.92. The van der Waals surface area contributed by atoms with E-state index in [2.05, 4.69) is 5.32 Å². The molecule has 1 N–H and O–H groups in total. The van der Waals surface area contributed by atoms with Gasteiger partial charge in [-0.15, -0.1) is 0 Å². The number of nitrogens with one attached hydrogen (secondary N) is 1. The lowest BCUT2D eigenvalue weighted by molar-refractivity contribution is -0.137. The van der Waals surface area contributed by atoms with Gasteiger partial charge in [-0.1, -0.05) is 30.3 Å². The van der Waals surface area contributed by atoms with Crippen molar-refractivity contribution in [1.29, 1.82) is 0 Å². The summed E-state index contributed by atoms with van der Waals surface area (Å²) in [5.74, 6) is -2.00. The molecule has 0 aliphatic rings. The van der Waals surface area contributed by atoms with Crippen LogP contribution in [-0.4, -0.2) is 24.6 Å². The van der Waals surface area contributed by atoms with Crippen LogP contribution in [0.4, 0.5) is 18.9 Å². The van der Waals surface area contributed by atoms with Gasteiger partial charge < -0.3 is 9.88 Å². The number of carbonyl (C=O) groups is 1. The number of nitrogens with zero attached hydrogens (tertiary/aromatic N) is 1. The van der Waals surface area contributed by atoms with Crippen molar-refractivity contribution in [3.05, 3.63) is 60.3 Å². The highest BCUT2D eigenvalue weighted by Gasteiger charge is 2.34. The van der Waals surface area contributed by atoms with Crippen molar-refractivity contribution in [3.8, 4) is 0 Å². The number of carbonyl (C=O) groups excluding carboxylic acids is 1. The third-order valence-corrected chi connectivity index (χ3v) is 5.89. The number of halogens is 3. The number of para-hydroxylation sites is 2. The number of hydrogen-bond donors (Lipinski definition) is 1. The highest BCUT2D eigenvalue weighted by Crippen LogP contribution is 2.34. The number of aromatic nitrogens is 1. The van der Waals surface area contributed by atoms with Crippen LogP contribution in [0.25, 0.3) is 10.9 Å². The van der Waals surface area contributed by atoms with Gasteiger partial charge in [-0.2, -0.15) is 13.2 Å². The minimum atomic E-state index is -4.67. The molecule has 0 radical (unpaired) electrons. The fourth-order valence-corrected chi connectivity index (χ4v) is 4.37. The minimum absolute atomic E-state index is 0.0239.